The van der Waals surface area contributed by atoms with E-state index in [1.54, 1.807) is 0 Å². The van der Waals surface area contributed by atoms with Gasteiger partial charge in [-0.05, 0) is 12.8 Å². The zero-order valence-corrected chi connectivity index (χ0v) is 7.90. The van der Waals surface area contributed by atoms with Gasteiger partial charge in [-0.2, -0.15) is 0 Å². The molecule has 0 saturated carbocycles. The monoisotopic (exact) mass is 208 g/mol. The highest BCUT2D eigenvalue weighted by atomic mass is 16.6. The number of carboxylic acid groups (broad SMARTS) is 1. The van der Waals surface area contributed by atoms with Gasteiger partial charge in [-0.25, -0.2) is 0 Å². The highest BCUT2D eigenvalue weighted by Crippen LogP contribution is 2.00. The topological polar surface area (TPSA) is 151 Å². The molecule has 0 fully saturated rings. The maximum absolute atomic E-state index is 10.5. The van der Waals surface area contributed by atoms with E-state index in [1.807, 2.05) is 0 Å². The molecule has 0 saturated heterocycles. The number of unbranched alkanes of at least 4 members (excludes halogenated alkanes) is 1. The molecule has 0 rings (SSSR count). The quantitative estimate of drug-likeness (QED) is 0.251. The van der Waals surface area contributed by atoms with Crippen LogP contribution < -0.4 is 12.3 Å². The lowest BCUT2D eigenvalue weighted by atomic mass is 10.2. The van der Waals surface area contributed by atoms with Crippen LogP contribution in [0, 0.1) is 0 Å². The van der Waals surface area contributed by atoms with Crippen molar-refractivity contribution in [3.63, 3.8) is 0 Å². The Bertz CT molecular complexity index is 183. The van der Waals surface area contributed by atoms with Crippen LogP contribution in [0.25, 0.3) is 0 Å². The number of carboxylic acids is 1. The van der Waals surface area contributed by atoms with Crippen molar-refractivity contribution in [2.24, 2.45) is 0 Å². The number of hydrogen-bond donors (Lipinski definition) is 3. The minimum absolute atomic E-state index is 0. The minimum atomic E-state index is -0.890. The zero-order valence-electron chi connectivity index (χ0n) is 7.90. The highest BCUT2D eigenvalue weighted by Gasteiger charge is 2.02. The predicted molar refractivity (Wildman–Crippen MR) is 48.3 cm³/mol. The van der Waals surface area contributed by atoms with Gasteiger partial charge in [0, 0.05) is 12.8 Å². The van der Waals surface area contributed by atoms with Crippen molar-refractivity contribution in [2.45, 2.75) is 25.7 Å². The van der Waals surface area contributed by atoms with Crippen LogP contribution in [0.15, 0.2) is 0 Å². The molecule has 0 spiro atoms. The van der Waals surface area contributed by atoms with Crippen LogP contribution in [0.1, 0.15) is 25.7 Å². The molecule has 0 heterocycles. The third kappa shape index (κ3) is 13.1. The molecule has 7 nitrogen and oxygen atoms in total. The fraction of sp³-hybridized carbons (Fsp3) is 0.571. The molecule has 0 aromatic rings. The molecule has 0 aromatic heterocycles. The molecule has 0 radical (unpaired) electrons. The van der Waals surface area contributed by atoms with Gasteiger partial charge in [0.2, 0.25) is 0 Å². The van der Waals surface area contributed by atoms with Gasteiger partial charge in [0.1, 0.15) is 0 Å². The Morgan fingerprint density at radius 1 is 1.14 bits per heavy atom. The normalized spacial score (nSPS) is 7.71. The van der Waals surface area contributed by atoms with E-state index in [0.29, 0.717) is 12.8 Å². The van der Waals surface area contributed by atoms with E-state index in [4.69, 9.17) is 5.11 Å². The molecule has 0 aliphatic rings. The number of carbonyl (C=O) groups excluding carboxylic acids is 2. The third-order valence-corrected chi connectivity index (χ3v) is 1.20. The smallest absolute Gasteiger partial charge is 0.313 e. The molecule has 0 atom stereocenters. The number of esters is 1. The van der Waals surface area contributed by atoms with Crippen LogP contribution in [0.4, 0.5) is 0 Å². The van der Waals surface area contributed by atoms with Gasteiger partial charge in [0.05, 0.1) is 0 Å². The van der Waals surface area contributed by atoms with E-state index in [2.05, 4.69) is 4.74 Å². The van der Waals surface area contributed by atoms with E-state index < -0.39 is 11.9 Å². The van der Waals surface area contributed by atoms with Crippen molar-refractivity contribution in [2.75, 3.05) is 0 Å². The second kappa shape index (κ2) is 11.5. The average molecular weight is 208 g/mol. The summed E-state index contributed by atoms with van der Waals surface area (Å²) in [6.45, 7) is 0.0690. The summed E-state index contributed by atoms with van der Waals surface area (Å²) in [7, 11) is 0. The molecular formula is C7H16N2O5. The van der Waals surface area contributed by atoms with Crippen LogP contribution in [0.2, 0.25) is 0 Å². The summed E-state index contributed by atoms with van der Waals surface area (Å²) in [5, 5.41) is 8.21. The van der Waals surface area contributed by atoms with E-state index >= 15 is 0 Å². The van der Waals surface area contributed by atoms with Gasteiger partial charge in [-0.1, -0.05) is 0 Å². The predicted octanol–water partition coefficient (Wildman–Crippen LogP) is 0.655. The van der Waals surface area contributed by atoms with Crippen molar-refractivity contribution >= 4 is 18.4 Å². The maximum atomic E-state index is 10.5. The first-order chi connectivity index (χ1) is 5.66. The lowest BCUT2D eigenvalue weighted by Gasteiger charge is -1.95. The Kier molecular flexibility index (Phi) is 15.1. The Hall–Kier alpha value is -1.47. The molecule has 7 N–H and O–H groups in total. The van der Waals surface area contributed by atoms with Crippen molar-refractivity contribution < 1.29 is 24.2 Å². The summed E-state index contributed by atoms with van der Waals surface area (Å²) in [6.07, 6.45) is 0.975. The summed E-state index contributed by atoms with van der Waals surface area (Å²) >= 11 is 0. The van der Waals surface area contributed by atoms with E-state index in [9.17, 15) is 14.4 Å². The van der Waals surface area contributed by atoms with Crippen LogP contribution in [-0.4, -0.2) is 23.5 Å². The molecule has 7 heteroatoms. The number of aliphatic carboxylic acids is 1. The van der Waals surface area contributed by atoms with Crippen molar-refractivity contribution in [3.8, 4) is 0 Å². The molecule has 0 aliphatic carbocycles. The lowest BCUT2D eigenvalue weighted by molar-refractivity contribution is -0.151. The highest BCUT2D eigenvalue weighted by molar-refractivity contribution is 5.76. The average Bonchev–Trinajstić information content (AvgIpc) is 1.98. The Morgan fingerprint density at radius 2 is 1.64 bits per heavy atom. The van der Waals surface area contributed by atoms with Gasteiger partial charge in [-0.15, -0.1) is 0 Å². The van der Waals surface area contributed by atoms with E-state index in [0.717, 1.165) is 0 Å². The fourth-order valence-electron chi connectivity index (χ4n) is 0.658. The largest absolute Gasteiger partial charge is 0.481 e. The fourth-order valence-corrected chi connectivity index (χ4v) is 0.658. The van der Waals surface area contributed by atoms with E-state index in [1.165, 1.54) is 0 Å². The molecule has 0 aliphatic heterocycles. The van der Waals surface area contributed by atoms with Crippen LogP contribution >= 0.6 is 0 Å². The second-order valence-corrected chi connectivity index (χ2v) is 2.19. The molecule has 84 valence electrons. The van der Waals surface area contributed by atoms with Gasteiger partial charge >= 0.3 is 18.4 Å². The molecule has 14 heavy (non-hydrogen) atoms. The Morgan fingerprint density at radius 3 is 2.07 bits per heavy atom. The van der Waals surface area contributed by atoms with Crippen LogP contribution in [0.5, 0.6) is 0 Å². The minimum Gasteiger partial charge on any atom is -0.481 e. The zero-order chi connectivity index (χ0) is 9.40. The number of carbonyl (C=O) groups is 3. The molecule has 0 bridgehead atoms. The first kappa shape index (κ1) is 18.3. The number of ether oxygens (including phenoxy) is 1. The summed E-state index contributed by atoms with van der Waals surface area (Å²) in [5.41, 5.74) is 0. The SMILES string of the molecule is N.N.O=COC(=O)CCCCC(=O)O. The second-order valence-electron chi connectivity index (χ2n) is 2.19. The van der Waals surface area contributed by atoms with Crippen LogP contribution in [0.3, 0.4) is 0 Å². The van der Waals surface area contributed by atoms with Crippen molar-refractivity contribution in [3.05, 3.63) is 0 Å². The first-order valence-electron chi connectivity index (χ1n) is 3.51. The third-order valence-electron chi connectivity index (χ3n) is 1.20. The summed E-state index contributed by atoms with van der Waals surface area (Å²) in [6, 6.07) is 0. The van der Waals surface area contributed by atoms with Crippen molar-refractivity contribution in [1.29, 1.82) is 0 Å². The standard InChI is InChI=1S/C7H10O5.2H3N/c8-5-12-7(11)4-2-1-3-6(9)10;;/h5H,1-4H2,(H,9,10);2*1H3. The number of rotatable bonds is 6. The van der Waals surface area contributed by atoms with Gasteiger partial charge < -0.3 is 22.1 Å². The summed E-state index contributed by atoms with van der Waals surface area (Å²) in [5.74, 6) is -1.51. The van der Waals surface area contributed by atoms with Gasteiger partial charge in [0.15, 0.2) is 0 Å². The molecule has 0 aromatic carbocycles. The van der Waals surface area contributed by atoms with Crippen molar-refractivity contribution in [1.82, 2.24) is 12.3 Å². The first-order valence-corrected chi connectivity index (χ1v) is 3.51. The van der Waals surface area contributed by atoms with E-state index in [-0.39, 0.29) is 31.6 Å². The Balaban J connectivity index is -0.000000605. The molecular weight excluding hydrogens is 192 g/mol. The van der Waals surface area contributed by atoms with Crippen LogP contribution in [-0.2, 0) is 19.1 Å². The Labute approximate surface area is 81.6 Å². The van der Waals surface area contributed by atoms with Gasteiger partial charge in [0.25, 0.3) is 0 Å². The molecule has 0 amide bonds. The number of hydrogen-bond acceptors (Lipinski definition) is 6. The lowest BCUT2D eigenvalue weighted by Crippen LogP contribution is -2.02. The molecule has 0 unspecified atom stereocenters. The maximum Gasteiger partial charge on any atom is 0.313 e. The summed E-state index contributed by atoms with van der Waals surface area (Å²) in [4.78, 5) is 30.1. The summed E-state index contributed by atoms with van der Waals surface area (Å²) < 4.78 is 3.98. The van der Waals surface area contributed by atoms with Gasteiger partial charge in [-0.3, -0.25) is 14.4 Å².